The Kier molecular flexibility index (Phi) is 2.94. The molecule has 1 aromatic rings. The van der Waals surface area contributed by atoms with Crippen LogP contribution >= 0.6 is 0 Å². The van der Waals surface area contributed by atoms with Gasteiger partial charge in [0.25, 0.3) is 0 Å². The quantitative estimate of drug-likeness (QED) is 0.732. The molecule has 0 spiro atoms. The highest BCUT2D eigenvalue weighted by atomic mass is 19.1. The van der Waals surface area contributed by atoms with Crippen molar-refractivity contribution in [3.63, 3.8) is 0 Å². The molecule has 0 atom stereocenters. The molecule has 1 aromatic carbocycles. The van der Waals surface area contributed by atoms with Crippen LogP contribution in [-0.4, -0.2) is 6.61 Å². The minimum Gasteiger partial charge on any atom is -0.493 e. The maximum Gasteiger partial charge on any atom is 0.126 e. The molecule has 0 aliphatic heterocycles. The second-order valence-electron chi connectivity index (χ2n) is 4.59. The lowest BCUT2D eigenvalue weighted by Gasteiger charge is -2.10. The molecule has 0 N–H and O–H groups in total. The first-order chi connectivity index (χ1) is 7.16. The van der Waals surface area contributed by atoms with Gasteiger partial charge < -0.3 is 4.74 Å². The number of halogens is 1. The number of benzene rings is 1. The topological polar surface area (TPSA) is 9.23 Å². The van der Waals surface area contributed by atoms with Crippen LogP contribution < -0.4 is 4.74 Å². The van der Waals surface area contributed by atoms with Crippen LogP contribution in [-0.2, 0) is 0 Å². The van der Waals surface area contributed by atoms with Crippen molar-refractivity contribution in [2.45, 2.75) is 32.6 Å². The number of hydrogen-bond donors (Lipinski definition) is 0. The Labute approximate surface area is 90.3 Å². The summed E-state index contributed by atoms with van der Waals surface area (Å²) in [5, 5.41) is 0. The van der Waals surface area contributed by atoms with E-state index in [2.05, 4.69) is 0 Å². The average Bonchev–Trinajstić information content (AvgIpc) is 3.00. The van der Waals surface area contributed by atoms with E-state index >= 15 is 0 Å². The van der Waals surface area contributed by atoms with Crippen molar-refractivity contribution in [3.8, 4) is 5.75 Å². The molecule has 0 heterocycles. The third kappa shape index (κ3) is 2.71. The van der Waals surface area contributed by atoms with Gasteiger partial charge in [-0.1, -0.05) is 13.8 Å². The second kappa shape index (κ2) is 4.21. The Morgan fingerprint density at radius 1 is 1.40 bits per heavy atom. The van der Waals surface area contributed by atoms with Gasteiger partial charge in [-0.05, 0) is 48.4 Å². The van der Waals surface area contributed by atoms with Crippen molar-refractivity contribution in [1.29, 1.82) is 0 Å². The van der Waals surface area contributed by atoms with E-state index in [1.54, 1.807) is 6.07 Å². The molecule has 0 aromatic heterocycles. The molecule has 0 bridgehead atoms. The zero-order valence-corrected chi connectivity index (χ0v) is 9.29. The molecule has 1 fully saturated rings. The summed E-state index contributed by atoms with van der Waals surface area (Å²) in [4.78, 5) is 0. The minimum atomic E-state index is -0.135. The Morgan fingerprint density at radius 2 is 2.13 bits per heavy atom. The van der Waals surface area contributed by atoms with E-state index in [9.17, 15) is 4.39 Å². The van der Waals surface area contributed by atoms with Gasteiger partial charge in [0.05, 0.1) is 6.61 Å². The predicted octanol–water partition coefficient (Wildman–Crippen LogP) is 3.74. The lowest BCUT2D eigenvalue weighted by molar-refractivity contribution is 0.299. The van der Waals surface area contributed by atoms with Crippen LogP contribution in [0.1, 0.15) is 38.2 Å². The fourth-order valence-electron chi connectivity index (χ4n) is 1.55. The Hall–Kier alpha value is -1.05. The first-order valence-corrected chi connectivity index (χ1v) is 5.59. The summed E-state index contributed by atoms with van der Waals surface area (Å²) in [6.45, 7) is 4.76. The predicted molar refractivity (Wildman–Crippen MR) is 58.7 cm³/mol. The van der Waals surface area contributed by atoms with Gasteiger partial charge in [-0.3, -0.25) is 0 Å². The van der Waals surface area contributed by atoms with Crippen molar-refractivity contribution >= 4 is 0 Å². The monoisotopic (exact) mass is 208 g/mol. The Morgan fingerprint density at radius 3 is 2.73 bits per heavy atom. The number of ether oxygens (including phenoxy) is 1. The molecule has 1 saturated carbocycles. The van der Waals surface area contributed by atoms with Crippen molar-refractivity contribution in [2.75, 3.05) is 6.61 Å². The van der Waals surface area contributed by atoms with Gasteiger partial charge in [-0.2, -0.15) is 0 Å². The van der Waals surface area contributed by atoms with Crippen LogP contribution in [0, 0.1) is 11.7 Å². The van der Waals surface area contributed by atoms with Crippen LogP contribution in [0.2, 0.25) is 0 Å². The van der Waals surface area contributed by atoms with Crippen molar-refractivity contribution in [1.82, 2.24) is 0 Å². The third-order valence-electron chi connectivity index (χ3n) is 2.77. The van der Waals surface area contributed by atoms with E-state index in [1.807, 2.05) is 19.9 Å². The fourth-order valence-corrected chi connectivity index (χ4v) is 1.55. The fraction of sp³-hybridized carbons (Fsp3) is 0.538. The van der Waals surface area contributed by atoms with Crippen molar-refractivity contribution < 1.29 is 9.13 Å². The molecule has 0 amide bonds. The van der Waals surface area contributed by atoms with E-state index in [1.165, 1.54) is 18.9 Å². The average molecular weight is 208 g/mol. The molecule has 15 heavy (non-hydrogen) atoms. The van der Waals surface area contributed by atoms with Crippen molar-refractivity contribution in [2.24, 2.45) is 5.92 Å². The first kappa shape index (κ1) is 10.5. The summed E-state index contributed by atoms with van der Waals surface area (Å²) in [7, 11) is 0. The SMILES string of the molecule is CC(C)c1cc(OCC2CC2)ccc1F. The van der Waals surface area contributed by atoms with E-state index in [0.717, 1.165) is 23.8 Å². The van der Waals surface area contributed by atoms with Crippen LogP contribution in [0.25, 0.3) is 0 Å². The van der Waals surface area contributed by atoms with E-state index < -0.39 is 0 Å². The molecular formula is C13H17FO. The Bertz CT molecular complexity index is 342. The lowest BCUT2D eigenvalue weighted by atomic mass is 10.0. The minimum absolute atomic E-state index is 0.135. The number of rotatable bonds is 4. The zero-order chi connectivity index (χ0) is 10.8. The summed E-state index contributed by atoms with van der Waals surface area (Å²) in [5.41, 5.74) is 0.739. The van der Waals surface area contributed by atoms with Crippen LogP contribution in [0.15, 0.2) is 18.2 Å². The van der Waals surface area contributed by atoms with Gasteiger partial charge in [-0.25, -0.2) is 4.39 Å². The van der Waals surface area contributed by atoms with Gasteiger partial charge in [0, 0.05) is 0 Å². The highest BCUT2D eigenvalue weighted by Crippen LogP contribution is 2.30. The highest BCUT2D eigenvalue weighted by Gasteiger charge is 2.22. The first-order valence-electron chi connectivity index (χ1n) is 5.59. The van der Waals surface area contributed by atoms with E-state index in [4.69, 9.17) is 4.74 Å². The molecule has 82 valence electrons. The third-order valence-corrected chi connectivity index (χ3v) is 2.77. The normalized spacial score (nSPS) is 15.7. The molecule has 2 rings (SSSR count). The van der Waals surface area contributed by atoms with E-state index in [0.29, 0.717) is 0 Å². The largest absolute Gasteiger partial charge is 0.493 e. The van der Waals surface area contributed by atoms with Gasteiger partial charge in [0.2, 0.25) is 0 Å². The molecular weight excluding hydrogens is 191 g/mol. The summed E-state index contributed by atoms with van der Waals surface area (Å²) in [6, 6.07) is 5.03. The summed E-state index contributed by atoms with van der Waals surface area (Å²) in [6.07, 6.45) is 2.55. The smallest absolute Gasteiger partial charge is 0.126 e. The second-order valence-corrected chi connectivity index (χ2v) is 4.59. The molecule has 0 unspecified atom stereocenters. The summed E-state index contributed by atoms with van der Waals surface area (Å²) in [5.74, 6) is 1.60. The van der Waals surface area contributed by atoms with Crippen molar-refractivity contribution in [3.05, 3.63) is 29.6 Å². The maximum absolute atomic E-state index is 13.4. The Balaban J connectivity index is 2.06. The van der Waals surface area contributed by atoms with Gasteiger partial charge in [0.1, 0.15) is 11.6 Å². The molecule has 1 nitrogen and oxygen atoms in total. The van der Waals surface area contributed by atoms with Crippen LogP contribution in [0.4, 0.5) is 4.39 Å². The van der Waals surface area contributed by atoms with Crippen LogP contribution in [0.5, 0.6) is 5.75 Å². The van der Waals surface area contributed by atoms with Crippen LogP contribution in [0.3, 0.4) is 0 Å². The van der Waals surface area contributed by atoms with Gasteiger partial charge >= 0.3 is 0 Å². The highest BCUT2D eigenvalue weighted by molar-refractivity contribution is 5.31. The maximum atomic E-state index is 13.4. The summed E-state index contributed by atoms with van der Waals surface area (Å²) < 4.78 is 19.0. The van der Waals surface area contributed by atoms with Gasteiger partial charge in [0.15, 0.2) is 0 Å². The number of hydrogen-bond acceptors (Lipinski definition) is 1. The molecule has 2 heteroatoms. The lowest BCUT2D eigenvalue weighted by Crippen LogP contribution is -2.01. The zero-order valence-electron chi connectivity index (χ0n) is 9.29. The summed E-state index contributed by atoms with van der Waals surface area (Å²) >= 11 is 0. The molecule has 1 aliphatic rings. The molecule has 0 radical (unpaired) electrons. The molecule has 0 saturated heterocycles. The van der Waals surface area contributed by atoms with Gasteiger partial charge in [-0.15, -0.1) is 0 Å². The molecule has 1 aliphatic carbocycles. The van der Waals surface area contributed by atoms with E-state index in [-0.39, 0.29) is 11.7 Å². The standard InChI is InChI=1S/C13H17FO/c1-9(2)12-7-11(5-6-13(12)14)15-8-10-3-4-10/h5-7,9-10H,3-4,8H2,1-2H3.